The van der Waals surface area contributed by atoms with Gasteiger partial charge in [0.25, 0.3) is 5.56 Å². The zero-order valence-corrected chi connectivity index (χ0v) is 18.2. The van der Waals surface area contributed by atoms with Gasteiger partial charge in [0, 0.05) is 37.2 Å². The van der Waals surface area contributed by atoms with Crippen LogP contribution in [0.1, 0.15) is 34.0 Å². The molecule has 1 aliphatic heterocycles. The summed E-state index contributed by atoms with van der Waals surface area (Å²) in [4.78, 5) is 28.5. The van der Waals surface area contributed by atoms with Gasteiger partial charge in [-0.2, -0.15) is 0 Å². The maximum Gasteiger partial charge on any atom is 0.333 e. The minimum atomic E-state index is -0.549. The lowest BCUT2D eigenvalue weighted by Crippen LogP contribution is -2.42. The molecule has 0 saturated heterocycles. The van der Waals surface area contributed by atoms with E-state index in [-0.39, 0.29) is 11.4 Å². The summed E-state index contributed by atoms with van der Waals surface area (Å²) < 4.78 is 2.15. The largest absolute Gasteiger partial charge is 0.494 e. The number of hydrogen-bond acceptors (Lipinski definition) is 4. The lowest BCUT2D eigenvalue weighted by molar-refractivity contribution is 0.391. The fraction of sp³-hybridized carbons (Fsp3) is 0.280. The van der Waals surface area contributed by atoms with Crippen molar-refractivity contribution in [1.82, 2.24) is 19.4 Å². The van der Waals surface area contributed by atoms with Gasteiger partial charge >= 0.3 is 5.69 Å². The van der Waals surface area contributed by atoms with E-state index in [1.165, 1.54) is 25.2 Å². The Hall–Kier alpha value is -3.58. The Bertz CT molecular complexity index is 1430. The summed E-state index contributed by atoms with van der Waals surface area (Å²) in [5.74, 6) is -0.300. The van der Waals surface area contributed by atoms with Crippen molar-refractivity contribution in [3.05, 3.63) is 97.3 Å². The van der Waals surface area contributed by atoms with Crippen LogP contribution in [0.4, 0.5) is 0 Å². The Morgan fingerprint density at radius 3 is 2.53 bits per heavy atom. The van der Waals surface area contributed by atoms with Gasteiger partial charge in [0.1, 0.15) is 5.56 Å². The molecule has 1 atom stereocenters. The van der Waals surface area contributed by atoms with Crippen molar-refractivity contribution in [2.45, 2.75) is 25.3 Å². The molecule has 2 aromatic carbocycles. The van der Waals surface area contributed by atoms with Gasteiger partial charge in [-0.05, 0) is 48.1 Å². The first-order valence-electron chi connectivity index (χ1n) is 10.8. The van der Waals surface area contributed by atoms with Gasteiger partial charge in [-0.3, -0.25) is 13.9 Å². The summed E-state index contributed by atoms with van der Waals surface area (Å²) >= 11 is 0. The molecule has 2 aromatic heterocycles. The molecule has 0 bridgehead atoms. The Balaban J connectivity index is 1.56. The standard InChI is InChI=1S/C25H26N4O3/c1-28-23(30)20(24(31)29(2)25(28)32)22-21-17(12-13-26-22)18-14-16(10-11-19(18)27-21)9-8-15-6-4-3-5-7-15/h3-7,10-11,14,22,26-27,30H,8-9,12-13H2,1-2H3. The highest BCUT2D eigenvalue weighted by molar-refractivity contribution is 5.86. The van der Waals surface area contributed by atoms with Crippen molar-refractivity contribution in [1.29, 1.82) is 0 Å². The number of benzene rings is 2. The molecule has 0 spiro atoms. The Kier molecular flexibility index (Phi) is 4.98. The van der Waals surface area contributed by atoms with Gasteiger partial charge in [0.05, 0.1) is 6.04 Å². The monoisotopic (exact) mass is 430 g/mol. The summed E-state index contributed by atoms with van der Waals surface area (Å²) in [6, 6.07) is 16.4. The molecule has 0 aliphatic carbocycles. The normalized spacial score (nSPS) is 15.8. The van der Waals surface area contributed by atoms with Crippen molar-refractivity contribution < 1.29 is 5.11 Å². The summed E-state index contributed by atoms with van der Waals surface area (Å²) in [6.45, 7) is 0.671. The summed E-state index contributed by atoms with van der Waals surface area (Å²) in [5.41, 5.74) is 4.76. The topological polar surface area (TPSA) is 92.0 Å². The van der Waals surface area contributed by atoms with Crippen LogP contribution in [0.3, 0.4) is 0 Å². The van der Waals surface area contributed by atoms with Crippen LogP contribution in [0.2, 0.25) is 0 Å². The first-order chi connectivity index (χ1) is 15.5. The Morgan fingerprint density at radius 1 is 1.00 bits per heavy atom. The van der Waals surface area contributed by atoms with E-state index in [1.54, 1.807) is 0 Å². The number of fused-ring (bicyclic) bond motifs is 3. The van der Waals surface area contributed by atoms with Crippen LogP contribution in [-0.4, -0.2) is 25.8 Å². The quantitative estimate of drug-likeness (QED) is 0.463. The van der Waals surface area contributed by atoms with Crippen LogP contribution < -0.4 is 16.6 Å². The fourth-order valence-corrected chi connectivity index (χ4v) is 4.72. The number of aromatic nitrogens is 3. The molecule has 4 aromatic rings. The smallest absolute Gasteiger partial charge is 0.333 e. The molecule has 0 amide bonds. The third kappa shape index (κ3) is 3.26. The molecular formula is C25H26N4O3. The van der Waals surface area contributed by atoms with E-state index in [0.29, 0.717) is 6.54 Å². The van der Waals surface area contributed by atoms with E-state index < -0.39 is 17.3 Å². The first kappa shape index (κ1) is 20.3. The van der Waals surface area contributed by atoms with Crippen LogP contribution in [0.25, 0.3) is 10.9 Å². The summed E-state index contributed by atoms with van der Waals surface area (Å²) in [5, 5.41) is 15.2. The number of aromatic amines is 1. The Morgan fingerprint density at radius 2 is 1.75 bits per heavy atom. The molecule has 0 fully saturated rings. The van der Waals surface area contributed by atoms with Crippen LogP contribution in [-0.2, 0) is 33.4 Å². The maximum absolute atomic E-state index is 12.9. The van der Waals surface area contributed by atoms with Crippen LogP contribution in [0.15, 0.2) is 58.1 Å². The van der Waals surface area contributed by atoms with Crippen molar-refractivity contribution in [2.75, 3.05) is 6.54 Å². The van der Waals surface area contributed by atoms with E-state index in [9.17, 15) is 14.7 Å². The van der Waals surface area contributed by atoms with Crippen LogP contribution >= 0.6 is 0 Å². The lowest BCUT2D eigenvalue weighted by atomic mass is 9.94. The zero-order chi connectivity index (χ0) is 22.4. The van der Waals surface area contributed by atoms with Gasteiger partial charge < -0.3 is 15.4 Å². The van der Waals surface area contributed by atoms with Gasteiger partial charge in [-0.1, -0.05) is 36.4 Å². The predicted molar refractivity (Wildman–Crippen MR) is 124 cm³/mol. The van der Waals surface area contributed by atoms with Crippen molar-refractivity contribution >= 4 is 10.9 Å². The number of aromatic hydroxyl groups is 1. The molecule has 5 rings (SSSR count). The minimum absolute atomic E-state index is 0.186. The van der Waals surface area contributed by atoms with Crippen molar-refractivity contribution in [3.8, 4) is 5.88 Å². The van der Waals surface area contributed by atoms with Gasteiger partial charge in [0.2, 0.25) is 5.88 Å². The van der Waals surface area contributed by atoms with E-state index in [1.807, 2.05) is 6.07 Å². The average Bonchev–Trinajstić information content (AvgIpc) is 3.20. The summed E-state index contributed by atoms with van der Waals surface area (Å²) in [7, 11) is 2.90. The molecule has 0 saturated carbocycles. The van der Waals surface area contributed by atoms with Gasteiger partial charge in [0.15, 0.2) is 0 Å². The Labute approximate surface area is 185 Å². The van der Waals surface area contributed by atoms with Gasteiger partial charge in [-0.15, -0.1) is 0 Å². The number of rotatable bonds is 4. The summed E-state index contributed by atoms with van der Waals surface area (Å²) in [6.07, 6.45) is 2.75. The molecule has 1 unspecified atom stereocenters. The van der Waals surface area contributed by atoms with E-state index in [4.69, 9.17) is 0 Å². The number of H-pyrrole nitrogens is 1. The molecule has 7 heteroatoms. The average molecular weight is 431 g/mol. The molecule has 0 radical (unpaired) electrons. The first-order valence-corrected chi connectivity index (χ1v) is 10.8. The van der Waals surface area contributed by atoms with Crippen LogP contribution in [0, 0.1) is 0 Å². The molecular weight excluding hydrogens is 404 g/mol. The highest BCUT2D eigenvalue weighted by atomic mass is 16.3. The highest BCUT2D eigenvalue weighted by Gasteiger charge is 2.31. The molecule has 164 valence electrons. The SMILES string of the molecule is Cn1c(O)c(C2NCCc3c2[nH]c2ccc(CCc4ccccc4)cc32)c(=O)n(C)c1=O. The fourth-order valence-electron chi connectivity index (χ4n) is 4.72. The minimum Gasteiger partial charge on any atom is -0.494 e. The zero-order valence-electron chi connectivity index (χ0n) is 18.2. The number of hydrogen-bond donors (Lipinski definition) is 3. The number of nitrogens with zero attached hydrogens (tertiary/aromatic N) is 2. The predicted octanol–water partition coefficient (Wildman–Crippen LogP) is 2.29. The second-order valence-corrected chi connectivity index (χ2v) is 8.46. The second kappa shape index (κ2) is 7.84. The molecule has 3 N–H and O–H groups in total. The molecule has 1 aliphatic rings. The molecule has 7 nitrogen and oxygen atoms in total. The van der Waals surface area contributed by atoms with Crippen molar-refractivity contribution in [2.24, 2.45) is 14.1 Å². The third-order valence-corrected chi connectivity index (χ3v) is 6.52. The third-order valence-electron chi connectivity index (χ3n) is 6.52. The van der Waals surface area contributed by atoms with Crippen LogP contribution in [0.5, 0.6) is 5.88 Å². The van der Waals surface area contributed by atoms with E-state index >= 15 is 0 Å². The molecule has 32 heavy (non-hydrogen) atoms. The van der Waals surface area contributed by atoms with E-state index in [2.05, 4.69) is 52.8 Å². The van der Waals surface area contributed by atoms with Crippen molar-refractivity contribution in [3.63, 3.8) is 0 Å². The van der Waals surface area contributed by atoms with Gasteiger partial charge in [-0.25, -0.2) is 4.79 Å². The maximum atomic E-state index is 12.9. The lowest BCUT2D eigenvalue weighted by Gasteiger charge is -2.25. The molecule has 3 heterocycles. The highest BCUT2D eigenvalue weighted by Crippen LogP contribution is 2.35. The number of aryl methyl sites for hydroxylation is 2. The van der Waals surface area contributed by atoms with E-state index in [0.717, 1.165) is 50.6 Å². The second-order valence-electron chi connectivity index (χ2n) is 8.46. The number of nitrogens with one attached hydrogen (secondary N) is 2.